The van der Waals surface area contributed by atoms with Gasteiger partial charge < -0.3 is 10.1 Å². The molecule has 0 aliphatic heterocycles. The molecule has 1 aromatic carbocycles. The first-order valence-corrected chi connectivity index (χ1v) is 6.78. The van der Waals surface area contributed by atoms with E-state index in [0.717, 1.165) is 12.2 Å². The van der Waals surface area contributed by atoms with Crippen LogP contribution in [0.5, 0.6) is 11.6 Å². The Morgan fingerprint density at radius 1 is 1.32 bits per heavy atom. The van der Waals surface area contributed by atoms with E-state index in [9.17, 15) is 4.39 Å². The maximum absolute atomic E-state index is 13.6. The molecule has 0 spiro atoms. The Kier molecular flexibility index (Phi) is 4.87. The Balaban J connectivity index is 2.14. The second kappa shape index (κ2) is 6.63. The smallest absolute Gasteiger partial charge is 0.219 e. The van der Waals surface area contributed by atoms with E-state index in [-0.39, 0.29) is 5.75 Å². The summed E-state index contributed by atoms with van der Waals surface area (Å²) in [5, 5.41) is 3.18. The largest absolute Gasteiger partial charge is 0.436 e. The predicted molar refractivity (Wildman–Crippen MR) is 75.8 cm³/mol. The number of nitrogens with one attached hydrogen (secondary N) is 1. The van der Waals surface area contributed by atoms with Crippen LogP contribution >= 0.6 is 15.9 Å². The van der Waals surface area contributed by atoms with Crippen LogP contribution in [-0.2, 0) is 6.54 Å². The van der Waals surface area contributed by atoms with Gasteiger partial charge in [-0.25, -0.2) is 9.37 Å². The van der Waals surface area contributed by atoms with Crippen molar-refractivity contribution in [3.8, 4) is 11.6 Å². The molecule has 0 amide bonds. The summed E-state index contributed by atoms with van der Waals surface area (Å²) < 4.78 is 19.8. The maximum atomic E-state index is 13.6. The van der Waals surface area contributed by atoms with Crippen LogP contribution in [0.1, 0.15) is 12.6 Å². The fourth-order valence-corrected chi connectivity index (χ4v) is 1.87. The van der Waals surface area contributed by atoms with Crippen molar-refractivity contribution >= 4 is 15.9 Å². The molecule has 3 nitrogen and oxygen atoms in total. The van der Waals surface area contributed by atoms with Gasteiger partial charge in [0, 0.05) is 17.1 Å². The van der Waals surface area contributed by atoms with E-state index in [2.05, 4.69) is 26.2 Å². The fourth-order valence-electron chi connectivity index (χ4n) is 1.54. The molecule has 0 saturated heterocycles. The van der Waals surface area contributed by atoms with Crippen LogP contribution in [0.25, 0.3) is 0 Å². The molecule has 1 aromatic heterocycles. The second-order valence-electron chi connectivity index (χ2n) is 3.92. The molecule has 0 aliphatic carbocycles. The minimum atomic E-state index is -0.423. The molecule has 1 heterocycles. The molecule has 0 atom stereocenters. The predicted octanol–water partition coefficient (Wildman–Crippen LogP) is 3.89. The van der Waals surface area contributed by atoms with Gasteiger partial charge in [0.2, 0.25) is 5.88 Å². The topological polar surface area (TPSA) is 34.1 Å². The first-order valence-electron chi connectivity index (χ1n) is 5.98. The highest BCUT2D eigenvalue weighted by Gasteiger charge is 2.06. The van der Waals surface area contributed by atoms with Crippen molar-refractivity contribution in [2.24, 2.45) is 0 Å². The van der Waals surface area contributed by atoms with Crippen LogP contribution in [0.2, 0.25) is 0 Å². The lowest BCUT2D eigenvalue weighted by Crippen LogP contribution is -2.12. The Bertz CT molecular complexity index is 563. The molecule has 0 unspecified atom stereocenters. The molecule has 0 fully saturated rings. The zero-order valence-corrected chi connectivity index (χ0v) is 12.1. The summed E-state index contributed by atoms with van der Waals surface area (Å²) in [5.74, 6) is 0.126. The molecule has 0 saturated carbocycles. The third kappa shape index (κ3) is 4.01. The van der Waals surface area contributed by atoms with Gasteiger partial charge in [0.15, 0.2) is 11.6 Å². The average molecular weight is 325 g/mol. The number of ether oxygens (including phenoxy) is 1. The number of rotatable bonds is 5. The number of pyridine rings is 1. The van der Waals surface area contributed by atoms with Gasteiger partial charge in [-0.2, -0.15) is 0 Å². The van der Waals surface area contributed by atoms with Crippen molar-refractivity contribution in [1.82, 2.24) is 10.3 Å². The number of hydrogen-bond donors (Lipinski definition) is 1. The van der Waals surface area contributed by atoms with Crippen LogP contribution in [-0.4, -0.2) is 11.5 Å². The van der Waals surface area contributed by atoms with E-state index in [4.69, 9.17) is 4.74 Å². The number of hydrogen-bond acceptors (Lipinski definition) is 3. The van der Waals surface area contributed by atoms with Crippen molar-refractivity contribution in [1.29, 1.82) is 0 Å². The highest BCUT2D eigenvalue weighted by molar-refractivity contribution is 9.10. The van der Waals surface area contributed by atoms with Crippen LogP contribution in [0, 0.1) is 5.82 Å². The average Bonchev–Trinajstić information content (AvgIpc) is 2.40. The van der Waals surface area contributed by atoms with Crippen molar-refractivity contribution in [3.05, 3.63) is 52.4 Å². The van der Waals surface area contributed by atoms with E-state index in [0.29, 0.717) is 16.9 Å². The van der Waals surface area contributed by atoms with E-state index in [1.54, 1.807) is 18.2 Å². The van der Waals surface area contributed by atoms with Crippen LogP contribution in [0.3, 0.4) is 0 Å². The number of aromatic nitrogens is 1. The molecule has 0 bridgehead atoms. The lowest BCUT2D eigenvalue weighted by Gasteiger charge is -2.08. The van der Waals surface area contributed by atoms with Crippen molar-refractivity contribution in [2.45, 2.75) is 13.5 Å². The lowest BCUT2D eigenvalue weighted by atomic mass is 10.3. The van der Waals surface area contributed by atoms with Gasteiger partial charge in [0.05, 0.1) is 5.69 Å². The third-order valence-electron chi connectivity index (χ3n) is 2.45. The monoisotopic (exact) mass is 324 g/mol. The first kappa shape index (κ1) is 14.0. The van der Waals surface area contributed by atoms with E-state index >= 15 is 0 Å². The zero-order valence-electron chi connectivity index (χ0n) is 10.5. The summed E-state index contributed by atoms with van der Waals surface area (Å²) in [5.41, 5.74) is 0.858. The van der Waals surface area contributed by atoms with Gasteiger partial charge in [-0.1, -0.05) is 28.9 Å². The van der Waals surface area contributed by atoms with Gasteiger partial charge in [-0.15, -0.1) is 0 Å². The van der Waals surface area contributed by atoms with Gasteiger partial charge >= 0.3 is 0 Å². The van der Waals surface area contributed by atoms with Crippen LogP contribution < -0.4 is 10.1 Å². The summed E-state index contributed by atoms with van der Waals surface area (Å²) in [6.45, 7) is 3.56. The summed E-state index contributed by atoms with van der Waals surface area (Å²) >= 11 is 3.20. The van der Waals surface area contributed by atoms with E-state index in [1.807, 2.05) is 19.1 Å². The van der Waals surface area contributed by atoms with Crippen LogP contribution in [0.15, 0.2) is 40.9 Å². The molecular formula is C14H14BrFN2O. The standard InChI is InChI=1S/C14H14BrFN2O/c1-2-17-9-11-4-3-5-14(18-11)19-13-7-6-10(15)8-12(13)16/h3-8,17H,2,9H2,1H3. The lowest BCUT2D eigenvalue weighted by molar-refractivity contribution is 0.425. The molecule has 5 heteroatoms. The molecular weight excluding hydrogens is 311 g/mol. The van der Waals surface area contributed by atoms with Crippen LogP contribution in [0.4, 0.5) is 4.39 Å². The molecule has 1 N–H and O–H groups in total. The first-order chi connectivity index (χ1) is 9.19. The van der Waals surface area contributed by atoms with Crippen molar-refractivity contribution in [3.63, 3.8) is 0 Å². The minimum absolute atomic E-state index is 0.163. The van der Waals surface area contributed by atoms with Crippen molar-refractivity contribution < 1.29 is 9.13 Å². The SMILES string of the molecule is CCNCc1cccc(Oc2ccc(Br)cc2F)n1. The number of nitrogens with zero attached hydrogens (tertiary/aromatic N) is 1. The van der Waals surface area contributed by atoms with Gasteiger partial charge in [-0.05, 0) is 30.8 Å². The van der Waals surface area contributed by atoms with Gasteiger partial charge in [0.25, 0.3) is 0 Å². The van der Waals surface area contributed by atoms with Gasteiger partial charge in [-0.3, -0.25) is 0 Å². The highest BCUT2D eigenvalue weighted by atomic mass is 79.9. The molecule has 0 aliphatic rings. The summed E-state index contributed by atoms with van der Waals surface area (Å²) in [4.78, 5) is 4.31. The molecule has 0 radical (unpaired) electrons. The number of benzene rings is 1. The second-order valence-corrected chi connectivity index (χ2v) is 4.84. The summed E-state index contributed by atoms with van der Waals surface area (Å²) in [6.07, 6.45) is 0. The highest BCUT2D eigenvalue weighted by Crippen LogP contribution is 2.25. The fraction of sp³-hybridized carbons (Fsp3) is 0.214. The van der Waals surface area contributed by atoms with E-state index in [1.165, 1.54) is 6.07 Å². The zero-order chi connectivity index (χ0) is 13.7. The molecule has 2 aromatic rings. The maximum Gasteiger partial charge on any atom is 0.219 e. The van der Waals surface area contributed by atoms with Gasteiger partial charge in [0.1, 0.15) is 0 Å². The Morgan fingerprint density at radius 3 is 2.89 bits per heavy atom. The quantitative estimate of drug-likeness (QED) is 0.906. The Hall–Kier alpha value is -1.46. The van der Waals surface area contributed by atoms with Crippen molar-refractivity contribution in [2.75, 3.05) is 6.54 Å². The molecule has 100 valence electrons. The number of halogens is 2. The molecule has 2 rings (SSSR count). The summed E-state index contributed by atoms with van der Waals surface area (Å²) in [6, 6.07) is 10.1. The third-order valence-corrected chi connectivity index (χ3v) is 2.94. The normalized spacial score (nSPS) is 10.5. The Morgan fingerprint density at radius 2 is 2.16 bits per heavy atom. The summed E-state index contributed by atoms with van der Waals surface area (Å²) in [7, 11) is 0. The Labute approximate surface area is 119 Å². The molecule has 19 heavy (non-hydrogen) atoms. The van der Waals surface area contributed by atoms with E-state index < -0.39 is 5.82 Å². The minimum Gasteiger partial charge on any atom is -0.436 e.